The van der Waals surface area contributed by atoms with Crippen LogP contribution in [-0.2, 0) is 6.54 Å². The molecule has 0 saturated carbocycles. The summed E-state index contributed by atoms with van der Waals surface area (Å²) < 4.78 is 13.4. The fourth-order valence-corrected chi connectivity index (χ4v) is 2.03. The average molecular weight is 256 g/mol. The number of hydrogen-bond acceptors (Lipinski definition) is 5. The maximum absolute atomic E-state index is 13.4. The van der Waals surface area contributed by atoms with Gasteiger partial charge in [-0.1, -0.05) is 6.07 Å². The predicted molar refractivity (Wildman–Crippen MR) is 60.3 cm³/mol. The van der Waals surface area contributed by atoms with Crippen molar-refractivity contribution in [2.75, 3.05) is 13.1 Å². The summed E-state index contributed by atoms with van der Waals surface area (Å²) >= 11 is 0. The van der Waals surface area contributed by atoms with Gasteiger partial charge in [0.2, 0.25) is 5.82 Å². The number of aliphatic hydroxyl groups is 2. The van der Waals surface area contributed by atoms with Gasteiger partial charge in [-0.2, -0.15) is 4.39 Å². The Bertz CT molecular complexity index is 458. The SMILES string of the molecule is O=[N+]([O-])c1ccc(CN2CC(O)C(O)C2)cc1F. The van der Waals surface area contributed by atoms with E-state index in [1.54, 1.807) is 4.90 Å². The molecule has 6 nitrogen and oxygen atoms in total. The van der Waals surface area contributed by atoms with E-state index < -0.39 is 28.6 Å². The van der Waals surface area contributed by atoms with Gasteiger partial charge in [0.25, 0.3) is 0 Å². The Morgan fingerprint density at radius 2 is 2.00 bits per heavy atom. The van der Waals surface area contributed by atoms with Gasteiger partial charge >= 0.3 is 5.69 Å². The highest BCUT2D eigenvalue weighted by Crippen LogP contribution is 2.20. The summed E-state index contributed by atoms with van der Waals surface area (Å²) in [6.45, 7) is 0.947. The molecule has 7 heteroatoms. The molecule has 1 saturated heterocycles. The van der Waals surface area contributed by atoms with Gasteiger partial charge in [-0.25, -0.2) is 0 Å². The number of β-amino-alcohol motifs (C(OH)–C–C–N with tert-alkyl or cyclic N) is 2. The van der Waals surface area contributed by atoms with Crippen LogP contribution < -0.4 is 0 Å². The molecule has 0 spiro atoms. The topological polar surface area (TPSA) is 86.8 Å². The lowest BCUT2D eigenvalue weighted by atomic mass is 10.2. The molecule has 1 fully saturated rings. The summed E-state index contributed by atoms with van der Waals surface area (Å²) in [5, 5.41) is 29.2. The second kappa shape index (κ2) is 4.97. The molecule has 1 aromatic carbocycles. The van der Waals surface area contributed by atoms with Crippen LogP contribution in [0.3, 0.4) is 0 Å². The average Bonchev–Trinajstić information content (AvgIpc) is 2.57. The van der Waals surface area contributed by atoms with Crippen molar-refractivity contribution in [3.05, 3.63) is 39.7 Å². The number of hydrogen-bond donors (Lipinski definition) is 2. The summed E-state index contributed by atoms with van der Waals surface area (Å²) in [6, 6.07) is 3.70. The zero-order valence-electron chi connectivity index (χ0n) is 9.49. The van der Waals surface area contributed by atoms with Gasteiger partial charge in [-0.3, -0.25) is 15.0 Å². The van der Waals surface area contributed by atoms with Gasteiger partial charge in [-0.15, -0.1) is 0 Å². The summed E-state index contributed by atoms with van der Waals surface area (Å²) in [5.74, 6) is -0.877. The smallest absolute Gasteiger partial charge is 0.304 e. The second-order valence-electron chi connectivity index (χ2n) is 4.37. The van der Waals surface area contributed by atoms with Crippen LogP contribution in [0.15, 0.2) is 18.2 Å². The highest BCUT2D eigenvalue weighted by Gasteiger charge is 2.29. The number of benzene rings is 1. The number of rotatable bonds is 3. The highest BCUT2D eigenvalue weighted by molar-refractivity contribution is 5.35. The maximum Gasteiger partial charge on any atom is 0.304 e. The van der Waals surface area contributed by atoms with Crippen molar-refractivity contribution in [3.8, 4) is 0 Å². The minimum atomic E-state index is -0.877. The summed E-state index contributed by atoms with van der Waals surface area (Å²) in [6.07, 6.45) is -1.60. The number of halogens is 1. The van der Waals surface area contributed by atoms with Gasteiger partial charge < -0.3 is 10.2 Å². The van der Waals surface area contributed by atoms with E-state index in [0.717, 1.165) is 12.1 Å². The first-order valence-corrected chi connectivity index (χ1v) is 5.48. The van der Waals surface area contributed by atoms with Crippen LogP contribution in [-0.4, -0.2) is 45.3 Å². The Morgan fingerprint density at radius 1 is 1.39 bits per heavy atom. The second-order valence-corrected chi connectivity index (χ2v) is 4.37. The number of aliphatic hydroxyl groups excluding tert-OH is 2. The van der Waals surface area contributed by atoms with Crippen LogP contribution >= 0.6 is 0 Å². The van der Waals surface area contributed by atoms with E-state index in [1.165, 1.54) is 6.07 Å². The molecule has 1 heterocycles. The van der Waals surface area contributed by atoms with Crippen molar-refractivity contribution in [1.29, 1.82) is 0 Å². The Balaban J connectivity index is 2.07. The molecule has 0 aromatic heterocycles. The summed E-state index contributed by atoms with van der Waals surface area (Å²) in [7, 11) is 0. The summed E-state index contributed by atoms with van der Waals surface area (Å²) in [4.78, 5) is 11.4. The molecular weight excluding hydrogens is 243 g/mol. The third-order valence-electron chi connectivity index (χ3n) is 2.95. The lowest BCUT2D eigenvalue weighted by Crippen LogP contribution is -2.22. The first-order chi connectivity index (χ1) is 8.47. The number of nitrogens with zero attached hydrogens (tertiary/aromatic N) is 2. The van der Waals surface area contributed by atoms with E-state index in [1.807, 2.05) is 0 Å². The highest BCUT2D eigenvalue weighted by atomic mass is 19.1. The standard InChI is InChI=1S/C11H13FN2O4/c12-8-3-7(1-2-9(8)14(17)18)4-13-5-10(15)11(16)6-13/h1-3,10-11,15-16H,4-6H2. The molecule has 1 aromatic rings. The van der Waals surface area contributed by atoms with Crippen molar-refractivity contribution in [2.45, 2.75) is 18.8 Å². The van der Waals surface area contributed by atoms with E-state index in [0.29, 0.717) is 25.2 Å². The van der Waals surface area contributed by atoms with Crippen molar-refractivity contribution in [1.82, 2.24) is 4.90 Å². The molecular formula is C11H13FN2O4. The molecule has 0 aliphatic carbocycles. The third kappa shape index (κ3) is 2.63. The molecule has 98 valence electrons. The molecule has 2 unspecified atom stereocenters. The quantitative estimate of drug-likeness (QED) is 0.599. The molecule has 1 aliphatic rings. The third-order valence-corrected chi connectivity index (χ3v) is 2.95. The number of nitro benzene ring substituents is 1. The lowest BCUT2D eigenvalue weighted by molar-refractivity contribution is -0.387. The Hall–Kier alpha value is -1.57. The van der Waals surface area contributed by atoms with Gasteiger partial charge in [0.15, 0.2) is 0 Å². The van der Waals surface area contributed by atoms with E-state index in [9.17, 15) is 24.7 Å². The van der Waals surface area contributed by atoms with Crippen molar-refractivity contribution in [2.24, 2.45) is 0 Å². The molecule has 0 bridgehead atoms. The first kappa shape index (κ1) is 12.9. The fraction of sp³-hybridized carbons (Fsp3) is 0.455. The monoisotopic (exact) mass is 256 g/mol. The molecule has 0 radical (unpaired) electrons. The predicted octanol–water partition coefficient (Wildman–Crippen LogP) is 0.271. The minimum Gasteiger partial charge on any atom is -0.389 e. The molecule has 2 atom stereocenters. The fourth-order valence-electron chi connectivity index (χ4n) is 2.03. The van der Waals surface area contributed by atoms with Crippen LogP contribution in [0.2, 0.25) is 0 Å². The molecule has 1 aliphatic heterocycles. The summed E-state index contributed by atoms with van der Waals surface area (Å²) in [5.41, 5.74) is 0.0136. The lowest BCUT2D eigenvalue weighted by Gasteiger charge is -2.14. The molecule has 2 N–H and O–H groups in total. The first-order valence-electron chi connectivity index (χ1n) is 5.48. The van der Waals surface area contributed by atoms with Gasteiger partial charge in [-0.05, 0) is 11.6 Å². The number of likely N-dealkylation sites (tertiary alicyclic amines) is 1. The maximum atomic E-state index is 13.4. The Morgan fingerprint density at radius 3 is 2.50 bits per heavy atom. The van der Waals surface area contributed by atoms with Crippen LogP contribution in [0.1, 0.15) is 5.56 Å². The van der Waals surface area contributed by atoms with Crippen LogP contribution in [0.4, 0.5) is 10.1 Å². The minimum absolute atomic E-state index is 0.305. The molecule has 2 rings (SSSR count). The molecule has 18 heavy (non-hydrogen) atoms. The van der Waals surface area contributed by atoms with E-state index in [4.69, 9.17) is 0 Å². The van der Waals surface area contributed by atoms with E-state index in [-0.39, 0.29) is 0 Å². The van der Waals surface area contributed by atoms with Crippen molar-refractivity contribution < 1.29 is 19.5 Å². The largest absolute Gasteiger partial charge is 0.389 e. The Labute approximate surface area is 102 Å². The van der Waals surface area contributed by atoms with Gasteiger partial charge in [0, 0.05) is 25.7 Å². The molecule has 0 amide bonds. The van der Waals surface area contributed by atoms with E-state index >= 15 is 0 Å². The normalized spacial score (nSPS) is 24.4. The zero-order chi connectivity index (χ0) is 13.3. The van der Waals surface area contributed by atoms with Gasteiger partial charge in [0.1, 0.15) is 0 Å². The van der Waals surface area contributed by atoms with Crippen molar-refractivity contribution >= 4 is 5.69 Å². The zero-order valence-corrected chi connectivity index (χ0v) is 9.49. The van der Waals surface area contributed by atoms with Crippen LogP contribution in [0, 0.1) is 15.9 Å². The van der Waals surface area contributed by atoms with Crippen LogP contribution in [0.25, 0.3) is 0 Å². The van der Waals surface area contributed by atoms with Gasteiger partial charge in [0.05, 0.1) is 17.1 Å². The Kier molecular flexibility index (Phi) is 3.55. The van der Waals surface area contributed by atoms with Crippen molar-refractivity contribution in [3.63, 3.8) is 0 Å². The number of nitro groups is 1. The van der Waals surface area contributed by atoms with E-state index in [2.05, 4.69) is 0 Å². The van der Waals surface area contributed by atoms with Crippen LogP contribution in [0.5, 0.6) is 0 Å².